The Morgan fingerprint density at radius 3 is 2.53 bits per heavy atom. The van der Waals surface area contributed by atoms with Crippen molar-refractivity contribution in [2.24, 2.45) is 11.8 Å². The van der Waals surface area contributed by atoms with E-state index in [0.717, 1.165) is 44.1 Å². The fraction of sp³-hybridized carbons (Fsp3) is 0.560. The number of benzene rings is 1. The zero-order valence-electron chi connectivity index (χ0n) is 18.0. The maximum absolute atomic E-state index is 13.6. The summed E-state index contributed by atoms with van der Waals surface area (Å²) in [6.07, 6.45) is 9.31. The molecule has 2 N–H and O–H groups in total. The van der Waals surface area contributed by atoms with Crippen LogP contribution in [-0.4, -0.2) is 52.5 Å². The number of hydrogen-bond donors (Lipinski definition) is 2. The third-order valence-electron chi connectivity index (χ3n) is 7.81. The summed E-state index contributed by atoms with van der Waals surface area (Å²) >= 11 is 0. The van der Waals surface area contributed by atoms with E-state index in [4.69, 9.17) is 4.74 Å². The SMILES string of the molecule is O=C(NCc1ccccc1)[C@@H]1[C@H]2C=C[C@@]3(O2)[C@H]1C(=O)N(C1CC1)[C@@H]3C(=O)NC1CCCC1. The Morgan fingerprint density at radius 2 is 1.81 bits per heavy atom. The van der Waals surface area contributed by atoms with Crippen LogP contribution in [0.1, 0.15) is 44.1 Å². The lowest BCUT2D eigenvalue weighted by molar-refractivity contribution is -0.142. The van der Waals surface area contributed by atoms with Crippen LogP contribution >= 0.6 is 0 Å². The van der Waals surface area contributed by atoms with Gasteiger partial charge in [-0.2, -0.15) is 0 Å². The molecule has 3 heterocycles. The number of carbonyl (C=O) groups is 3. The Kier molecular flexibility index (Phi) is 4.64. The second kappa shape index (κ2) is 7.44. The molecular weight excluding hydrogens is 406 g/mol. The van der Waals surface area contributed by atoms with Crippen LogP contribution in [0.2, 0.25) is 0 Å². The van der Waals surface area contributed by atoms with Gasteiger partial charge in [-0.1, -0.05) is 55.3 Å². The molecule has 4 fully saturated rings. The predicted octanol–water partition coefficient (Wildman–Crippen LogP) is 1.67. The van der Waals surface area contributed by atoms with Crippen molar-refractivity contribution < 1.29 is 19.1 Å². The molecule has 168 valence electrons. The first-order chi connectivity index (χ1) is 15.6. The summed E-state index contributed by atoms with van der Waals surface area (Å²) in [7, 11) is 0. The first-order valence-electron chi connectivity index (χ1n) is 11.9. The van der Waals surface area contributed by atoms with Crippen LogP contribution in [-0.2, 0) is 25.7 Å². The van der Waals surface area contributed by atoms with E-state index >= 15 is 0 Å². The average molecular weight is 436 g/mol. The number of hydrogen-bond acceptors (Lipinski definition) is 4. The molecule has 6 rings (SSSR count). The number of nitrogens with zero attached hydrogens (tertiary/aromatic N) is 1. The molecule has 2 saturated heterocycles. The summed E-state index contributed by atoms with van der Waals surface area (Å²) in [6, 6.07) is 9.26. The second-order valence-electron chi connectivity index (χ2n) is 9.87. The molecule has 2 aliphatic carbocycles. The van der Waals surface area contributed by atoms with Crippen LogP contribution in [0.4, 0.5) is 0 Å². The van der Waals surface area contributed by atoms with E-state index in [0.29, 0.717) is 6.54 Å². The van der Waals surface area contributed by atoms with Gasteiger partial charge in [-0.05, 0) is 31.2 Å². The van der Waals surface area contributed by atoms with E-state index in [1.165, 1.54) is 0 Å². The molecule has 32 heavy (non-hydrogen) atoms. The van der Waals surface area contributed by atoms with Crippen molar-refractivity contribution in [2.75, 3.05) is 0 Å². The van der Waals surface area contributed by atoms with Crippen LogP contribution in [0, 0.1) is 11.8 Å². The van der Waals surface area contributed by atoms with Gasteiger partial charge in [0.05, 0.1) is 17.9 Å². The molecule has 0 aromatic heterocycles. The monoisotopic (exact) mass is 435 g/mol. The molecule has 7 heteroatoms. The maximum atomic E-state index is 13.6. The molecule has 3 aliphatic heterocycles. The summed E-state index contributed by atoms with van der Waals surface area (Å²) in [5, 5.41) is 6.18. The minimum Gasteiger partial charge on any atom is -0.359 e. The zero-order valence-corrected chi connectivity index (χ0v) is 18.0. The third-order valence-corrected chi connectivity index (χ3v) is 7.81. The standard InChI is InChI=1S/C25H29N3O4/c29-22(26-14-15-6-2-1-3-7-15)19-18-12-13-25(32-18)20(19)24(31)28(17-10-11-17)21(25)23(30)27-16-8-4-5-9-16/h1-3,6-7,12-13,16-21H,4-5,8-11,14H2,(H,26,29)(H,27,30)/t18-,19-,20-,21-,25-/m1/s1. The van der Waals surface area contributed by atoms with Gasteiger partial charge in [0.1, 0.15) is 11.6 Å². The van der Waals surface area contributed by atoms with Crippen molar-refractivity contribution in [1.82, 2.24) is 15.5 Å². The smallest absolute Gasteiger partial charge is 0.246 e. The molecular formula is C25H29N3O4. The highest BCUT2D eigenvalue weighted by Gasteiger charge is 2.74. The summed E-state index contributed by atoms with van der Waals surface area (Å²) in [4.78, 5) is 42.1. The van der Waals surface area contributed by atoms with E-state index in [2.05, 4.69) is 10.6 Å². The van der Waals surface area contributed by atoms with Gasteiger partial charge in [0.15, 0.2) is 0 Å². The largest absolute Gasteiger partial charge is 0.359 e. The molecule has 3 amide bonds. The Bertz CT molecular complexity index is 969. The normalized spacial score (nSPS) is 35.4. The molecule has 5 atom stereocenters. The van der Waals surface area contributed by atoms with E-state index in [9.17, 15) is 14.4 Å². The Hall–Kier alpha value is -2.67. The quantitative estimate of drug-likeness (QED) is 0.666. The molecule has 1 spiro atoms. The molecule has 0 unspecified atom stereocenters. The molecule has 0 radical (unpaired) electrons. The van der Waals surface area contributed by atoms with Crippen LogP contribution < -0.4 is 10.6 Å². The molecule has 1 aromatic carbocycles. The Balaban J connectivity index is 1.26. The number of fused-ring (bicyclic) bond motifs is 1. The lowest BCUT2D eigenvalue weighted by Gasteiger charge is -2.33. The van der Waals surface area contributed by atoms with Gasteiger partial charge in [0, 0.05) is 18.6 Å². The summed E-state index contributed by atoms with van der Waals surface area (Å²) in [5.41, 5.74) is -0.0386. The highest BCUT2D eigenvalue weighted by atomic mass is 16.5. The fourth-order valence-electron chi connectivity index (χ4n) is 6.21. The van der Waals surface area contributed by atoms with Crippen molar-refractivity contribution in [2.45, 2.75) is 74.9 Å². The van der Waals surface area contributed by atoms with Gasteiger partial charge in [0.25, 0.3) is 0 Å². The molecule has 2 saturated carbocycles. The van der Waals surface area contributed by atoms with Gasteiger partial charge in [0.2, 0.25) is 17.7 Å². The number of nitrogens with one attached hydrogen (secondary N) is 2. The van der Waals surface area contributed by atoms with E-state index < -0.39 is 29.6 Å². The number of rotatable bonds is 6. The second-order valence-corrected chi connectivity index (χ2v) is 9.87. The van der Waals surface area contributed by atoms with Crippen molar-refractivity contribution in [3.63, 3.8) is 0 Å². The zero-order chi connectivity index (χ0) is 21.9. The summed E-state index contributed by atoms with van der Waals surface area (Å²) < 4.78 is 6.35. The fourth-order valence-corrected chi connectivity index (χ4v) is 6.21. The van der Waals surface area contributed by atoms with E-state index in [1.807, 2.05) is 42.5 Å². The summed E-state index contributed by atoms with van der Waals surface area (Å²) in [5.74, 6) is -1.67. The molecule has 7 nitrogen and oxygen atoms in total. The van der Waals surface area contributed by atoms with Crippen molar-refractivity contribution in [1.29, 1.82) is 0 Å². The van der Waals surface area contributed by atoms with Crippen molar-refractivity contribution in [3.05, 3.63) is 48.0 Å². The van der Waals surface area contributed by atoms with Gasteiger partial charge in [-0.15, -0.1) is 0 Å². The highest BCUT2D eigenvalue weighted by molar-refractivity contribution is 6.00. The highest BCUT2D eigenvalue weighted by Crippen LogP contribution is 2.57. The first kappa shape index (κ1) is 20.0. The number of ether oxygens (including phenoxy) is 1. The van der Waals surface area contributed by atoms with Gasteiger partial charge in [-0.25, -0.2) is 0 Å². The lowest BCUT2D eigenvalue weighted by atomic mass is 9.74. The average Bonchev–Trinajstić information content (AvgIpc) is 3.13. The third kappa shape index (κ3) is 3.01. The van der Waals surface area contributed by atoms with Crippen LogP contribution in [0.25, 0.3) is 0 Å². The number of carbonyl (C=O) groups excluding carboxylic acids is 3. The minimum atomic E-state index is -1.04. The van der Waals surface area contributed by atoms with E-state index in [1.54, 1.807) is 4.90 Å². The lowest BCUT2D eigenvalue weighted by Crippen LogP contribution is -2.56. The first-order valence-corrected chi connectivity index (χ1v) is 11.9. The minimum absolute atomic E-state index is 0.0749. The van der Waals surface area contributed by atoms with Crippen LogP contribution in [0.3, 0.4) is 0 Å². The molecule has 2 bridgehead atoms. The van der Waals surface area contributed by atoms with Crippen LogP contribution in [0.5, 0.6) is 0 Å². The predicted molar refractivity (Wildman–Crippen MR) is 116 cm³/mol. The Labute approximate surface area is 187 Å². The van der Waals surface area contributed by atoms with Gasteiger partial charge >= 0.3 is 0 Å². The Morgan fingerprint density at radius 1 is 1.06 bits per heavy atom. The van der Waals surface area contributed by atoms with Crippen molar-refractivity contribution in [3.8, 4) is 0 Å². The van der Waals surface area contributed by atoms with E-state index in [-0.39, 0.29) is 29.8 Å². The number of amides is 3. The number of likely N-dealkylation sites (tertiary alicyclic amines) is 1. The van der Waals surface area contributed by atoms with Gasteiger partial charge in [-0.3, -0.25) is 14.4 Å². The topological polar surface area (TPSA) is 87.7 Å². The summed E-state index contributed by atoms with van der Waals surface area (Å²) in [6.45, 7) is 0.401. The van der Waals surface area contributed by atoms with Crippen LogP contribution in [0.15, 0.2) is 42.5 Å². The maximum Gasteiger partial charge on any atom is 0.246 e. The van der Waals surface area contributed by atoms with Crippen molar-refractivity contribution >= 4 is 17.7 Å². The van der Waals surface area contributed by atoms with Gasteiger partial charge < -0.3 is 20.3 Å². The molecule has 5 aliphatic rings. The molecule has 1 aromatic rings.